The van der Waals surface area contributed by atoms with Gasteiger partial charge in [0.1, 0.15) is 0 Å². The first-order valence-electron chi connectivity index (χ1n) is 8.17. The lowest BCUT2D eigenvalue weighted by atomic mass is 10.1. The van der Waals surface area contributed by atoms with E-state index in [4.69, 9.17) is 0 Å². The van der Waals surface area contributed by atoms with E-state index in [2.05, 4.69) is 27.2 Å². The van der Waals surface area contributed by atoms with Gasteiger partial charge >= 0.3 is 0 Å². The average molecular weight is 334 g/mol. The Labute approximate surface area is 147 Å². The van der Waals surface area contributed by atoms with Crippen LogP contribution in [0.4, 0.5) is 5.69 Å². The number of hydrogen-bond acceptors (Lipinski definition) is 3. The summed E-state index contributed by atoms with van der Waals surface area (Å²) in [6.45, 7) is 0.548. The van der Waals surface area contributed by atoms with Crippen molar-refractivity contribution >= 4 is 11.6 Å². The molecule has 1 aromatic heterocycles. The highest BCUT2D eigenvalue weighted by Gasteiger charge is 2.19. The molecule has 0 spiro atoms. The fourth-order valence-corrected chi connectivity index (χ4v) is 2.72. The molecule has 3 aromatic rings. The maximum Gasteiger partial charge on any atom is 0.257 e. The van der Waals surface area contributed by atoms with Crippen LogP contribution in [-0.2, 0) is 6.54 Å². The summed E-state index contributed by atoms with van der Waals surface area (Å²) in [5.74, 6) is -0.0516. The molecule has 0 aliphatic heterocycles. The zero-order chi connectivity index (χ0) is 17.8. The number of rotatable bonds is 5. The molecule has 0 aliphatic carbocycles. The van der Waals surface area contributed by atoms with E-state index in [0.717, 1.165) is 22.5 Å². The molecule has 0 unspecified atom stereocenters. The van der Waals surface area contributed by atoms with Gasteiger partial charge in [0.2, 0.25) is 0 Å². The zero-order valence-electron chi connectivity index (χ0n) is 14.7. The second-order valence-electron chi connectivity index (χ2n) is 6.25. The molecule has 0 saturated carbocycles. The van der Waals surface area contributed by atoms with Gasteiger partial charge in [-0.05, 0) is 17.7 Å². The Bertz CT molecular complexity index is 838. The predicted octanol–water partition coefficient (Wildman–Crippen LogP) is 3.41. The molecule has 25 heavy (non-hydrogen) atoms. The highest BCUT2D eigenvalue weighted by atomic mass is 16.2. The van der Waals surface area contributed by atoms with Crippen LogP contribution in [0.15, 0.2) is 60.8 Å². The van der Waals surface area contributed by atoms with Gasteiger partial charge in [0.25, 0.3) is 5.91 Å². The fraction of sp³-hybridized carbons (Fsp3) is 0.200. The number of carbonyl (C=O) groups excluding carboxylic acids is 1. The number of carbonyl (C=O) groups is 1. The number of anilines is 1. The van der Waals surface area contributed by atoms with E-state index in [1.54, 1.807) is 11.1 Å². The summed E-state index contributed by atoms with van der Waals surface area (Å²) in [5.41, 5.74) is 4.51. The van der Waals surface area contributed by atoms with Crippen LogP contribution in [0.1, 0.15) is 15.9 Å². The molecule has 0 aliphatic rings. The van der Waals surface area contributed by atoms with Crippen LogP contribution in [0.3, 0.4) is 0 Å². The van der Waals surface area contributed by atoms with Gasteiger partial charge in [0, 0.05) is 38.9 Å². The Morgan fingerprint density at radius 2 is 1.68 bits per heavy atom. The van der Waals surface area contributed by atoms with Crippen LogP contribution < -0.4 is 4.90 Å². The highest BCUT2D eigenvalue weighted by molar-refractivity contribution is 5.99. The van der Waals surface area contributed by atoms with Gasteiger partial charge < -0.3 is 9.80 Å². The lowest BCUT2D eigenvalue weighted by molar-refractivity contribution is 0.0786. The number of nitrogens with zero attached hydrogens (tertiary/aromatic N) is 3. The van der Waals surface area contributed by atoms with E-state index in [-0.39, 0.29) is 5.91 Å². The molecule has 0 atom stereocenters. The van der Waals surface area contributed by atoms with Crippen molar-refractivity contribution in [3.63, 3.8) is 0 Å². The van der Waals surface area contributed by atoms with E-state index in [9.17, 15) is 4.79 Å². The lowest BCUT2D eigenvalue weighted by Crippen LogP contribution is -2.26. The number of aromatic amines is 1. The summed E-state index contributed by atoms with van der Waals surface area (Å²) >= 11 is 0. The first kappa shape index (κ1) is 16.8. The summed E-state index contributed by atoms with van der Waals surface area (Å²) < 4.78 is 0. The minimum Gasteiger partial charge on any atom is -0.378 e. The van der Waals surface area contributed by atoms with Crippen molar-refractivity contribution in [3.8, 4) is 11.3 Å². The molecular formula is C20H22N4O. The van der Waals surface area contributed by atoms with Crippen molar-refractivity contribution in [3.05, 3.63) is 71.9 Å². The molecule has 5 nitrogen and oxygen atoms in total. The number of hydrogen-bond donors (Lipinski definition) is 1. The summed E-state index contributed by atoms with van der Waals surface area (Å²) in [4.78, 5) is 16.6. The van der Waals surface area contributed by atoms with Crippen molar-refractivity contribution in [1.82, 2.24) is 15.1 Å². The van der Waals surface area contributed by atoms with Gasteiger partial charge in [-0.3, -0.25) is 9.89 Å². The third kappa shape index (κ3) is 3.71. The van der Waals surface area contributed by atoms with Crippen LogP contribution in [0.2, 0.25) is 0 Å². The first-order chi connectivity index (χ1) is 12.1. The Kier molecular flexibility index (Phi) is 4.84. The van der Waals surface area contributed by atoms with Gasteiger partial charge in [-0.2, -0.15) is 5.10 Å². The molecule has 0 radical (unpaired) electrons. The van der Waals surface area contributed by atoms with Crippen molar-refractivity contribution in [2.75, 3.05) is 26.0 Å². The molecule has 1 amide bonds. The Balaban J connectivity index is 1.76. The number of H-pyrrole nitrogens is 1. The van der Waals surface area contributed by atoms with Crippen LogP contribution in [0.5, 0.6) is 0 Å². The normalized spacial score (nSPS) is 10.5. The van der Waals surface area contributed by atoms with E-state index in [1.165, 1.54) is 0 Å². The van der Waals surface area contributed by atoms with Gasteiger partial charge in [-0.25, -0.2) is 0 Å². The second-order valence-corrected chi connectivity index (χ2v) is 6.25. The zero-order valence-corrected chi connectivity index (χ0v) is 14.7. The third-order valence-corrected chi connectivity index (χ3v) is 4.15. The van der Waals surface area contributed by atoms with Gasteiger partial charge in [-0.15, -0.1) is 0 Å². The number of amides is 1. The van der Waals surface area contributed by atoms with Gasteiger partial charge in [0.05, 0.1) is 17.5 Å². The average Bonchev–Trinajstić information content (AvgIpc) is 3.12. The maximum atomic E-state index is 12.8. The van der Waals surface area contributed by atoms with Gasteiger partial charge in [0.15, 0.2) is 0 Å². The van der Waals surface area contributed by atoms with E-state index in [1.807, 2.05) is 63.6 Å². The monoisotopic (exact) mass is 334 g/mol. The Morgan fingerprint density at radius 1 is 1.00 bits per heavy atom. The van der Waals surface area contributed by atoms with Crippen LogP contribution in [-0.4, -0.2) is 42.1 Å². The van der Waals surface area contributed by atoms with Crippen molar-refractivity contribution in [2.45, 2.75) is 6.54 Å². The van der Waals surface area contributed by atoms with Crippen LogP contribution in [0.25, 0.3) is 11.3 Å². The van der Waals surface area contributed by atoms with Gasteiger partial charge in [-0.1, -0.05) is 42.5 Å². The third-order valence-electron chi connectivity index (χ3n) is 4.15. The van der Waals surface area contributed by atoms with Crippen molar-refractivity contribution < 1.29 is 4.79 Å². The minimum atomic E-state index is -0.0516. The maximum absolute atomic E-state index is 12.8. The number of benzene rings is 2. The van der Waals surface area contributed by atoms with E-state index < -0.39 is 0 Å². The highest BCUT2D eigenvalue weighted by Crippen LogP contribution is 2.22. The molecule has 0 bridgehead atoms. The van der Waals surface area contributed by atoms with Crippen molar-refractivity contribution in [1.29, 1.82) is 0 Å². The molecule has 0 fully saturated rings. The summed E-state index contributed by atoms with van der Waals surface area (Å²) in [6.07, 6.45) is 1.59. The fourth-order valence-electron chi connectivity index (χ4n) is 2.72. The lowest BCUT2D eigenvalue weighted by Gasteiger charge is -2.18. The van der Waals surface area contributed by atoms with Crippen molar-refractivity contribution in [2.24, 2.45) is 0 Å². The quantitative estimate of drug-likeness (QED) is 0.778. The summed E-state index contributed by atoms with van der Waals surface area (Å²) in [7, 11) is 5.83. The summed E-state index contributed by atoms with van der Waals surface area (Å²) in [6, 6.07) is 18.0. The largest absolute Gasteiger partial charge is 0.378 e. The predicted molar refractivity (Wildman–Crippen MR) is 101 cm³/mol. The second kappa shape index (κ2) is 7.21. The topological polar surface area (TPSA) is 52.2 Å². The van der Waals surface area contributed by atoms with E-state index in [0.29, 0.717) is 12.1 Å². The molecule has 3 rings (SSSR count). The number of nitrogens with one attached hydrogen (secondary N) is 1. The molecule has 128 valence electrons. The molecule has 0 saturated heterocycles. The molecule has 2 aromatic carbocycles. The number of aromatic nitrogens is 2. The van der Waals surface area contributed by atoms with Crippen LogP contribution >= 0.6 is 0 Å². The van der Waals surface area contributed by atoms with E-state index >= 15 is 0 Å². The Morgan fingerprint density at radius 3 is 2.32 bits per heavy atom. The van der Waals surface area contributed by atoms with Crippen LogP contribution in [0, 0.1) is 0 Å². The minimum absolute atomic E-state index is 0.0516. The molecular weight excluding hydrogens is 312 g/mol. The summed E-state index contributed by atoms with van der Waals surface area (Å²) in [5, 5.41) is 7.00. The smallest absolute Gasteiger partial charge is 0.257 e. The molecule has 1 heterocycles. The molecule has 5 heteroatoms. The standard InChI is InChI=1S/C20H22N4O/c1-23(2)17-11-9-15(10-12-17)14-24(3)20(25)18-13-21-22-19(18)16-7-5-4-6-8-16/h4-13H,14H2,1-3H3,(H,21,22). The SMILES string of the molecule is CN(Cc1ccc(N(C)C)cc1)C(=O)c1cn[nH]c1-c1ccccc1. The molecule has 1 N–H and O–H groups in total. The Hall–Kier alpha value is -3.08. The first-order valence-corrected chi connectivity index (χ1v) is 8.17.